The summed E-state index contributed by atoms with van der Waals surface area (Å²) in [5.74, 6) is 0.299. The van der Waals surface area contributed by atoms with Gasteiger partial charge in [-0.25, -0.2) is 4.79 Å². The molecule has 0 aromatic heterocycles. The molecule has 6 heteroatoms. The molecule has 2 rings (SSSR count). The van der Waals surface area contributed by atoms with Gasteiger partial charge in [-0.3, -0.25) is 4.79 Å². The van der Waals surface area contributed by atoms with E-state index >= 15 is 0 Å². The van der Waals surface area contributed by atoms with Crippen LogP contribution in [-0.4, -0.2) is 37.3 Å². The lowest BCUT2D eigenvalue weighted by molar-refractivity contribution is -0.147. The molecular formula is C23H35NO5. The van der Waals surface area contributed by atoms with Crippen LogP contribution in [0.2, 0.25) is 0 Å². The number of hydrogen-bond donors (Lipinski definition) is 1. The van der Waals surface area contributed by atoms with Crippen molar-refractivity contribution in [3.8, 4) is 5.75 Å². The van der Waals surface area contributed by atoms with Crippen molar-refractivity contribution >= 4 is 17.6 Å². The summed E-state index contributed by atoms with van der Waals surface area (Å²) in [7, 11) is 0. The van der Waals surface area contributed by atoms with Crippen LogP contribution < -0.4 is 10.1 Å². The van der Waals surface area contributed by atoms with Gasteiger partial charge in [-0.1, -0.05) is 26.7 Å². The number of amides is 1. The number of nitrogens with one attached hydrogen (secondary N) is 1. The van der Waals surface area contributed by atoms with Crippen LogP contribution in [0.4, 0.5) is 5.69 Å². The van der Waals surface area contributed by atoms with Crippen LogP contribution in [0.25, 0.3) is 0 Å². The number of carbonyl (C=O) groups excluding carboxylic acids is 2. The molecule has 1 fully saturated rings. The largest absolute Gasteiger partial charge is 0.493 e. The molecule has 0 saturated heterocycles. The molecule has 0 aliphatic heterocycles. The summed E-state index contributed by atoms with van der Waals surface area (Å²) in [6.07, 6.45) is 5.39. The number of rotatable bonds is 10. The van der Waals surface area contributed by atoms with Gasteiger partial charge in [0, 0.05) is 12.3 Å². The summed E-state index contributed by atoms with van der Waals surface area (Å²) < 4.78 is 16.9. The number of anilines is 1. The molecule has 162 valence electrons. The summed E-state index contributed by atoms with van der Waals surface area (Å²) in [5, 5.41) is 2.96. The first kappa shape index (κ1) is 23.2. The quantitative estimate of drug-likeness (QED) is 0.440. The lowest BCUT2D eigenvalue weighted by Crippen LogP contribution is -2.48. The van der Waals surface area contributed by atoms with Crippen LogP contribution in [-0.2, 0) is 14.3 Å². The van der Waals surface area contributed by atoms with Gasteiger partial charge in [0.15, 0.2) is 0 Å². The lowest BCUT2D eigenvalue weighted by atomic mass is 9.78. The van der Waals surface area contributed by atoms with Crippen molar-refractivity contribution < 1.29 is 23.8 Å². The van der Waals surface area contributed by atoms with E-state index in [0.29, 0.717) is 49.0 Å². The smallest absolute Gasteiger partial charge is 0.341 e. The maximum absolute atomic E-state index is 13.1. The third-order valence-electron chi connectivity index (χ3n) is 5.28. The molecule has 6 nitrogen and oxygen atoms in total. The van der Waals surface area contributed by atoms with E-state index < -0.39 is 11.6 Å². The maximum Gasteiger partial charge on any atom is 0.341 e. The summed E-state index contributed by atoms with van der Waals surface area (Å²) >= 11 is 0. The van der Waals surface area contributed by atoms with Crippen LogP contribution in [0.3, 0.4) is 0 Å². The standard InChI is InChI=1S/C23H35NO5/c1-5-8-14-28-20-12-11-18(15-19(20)21(25)27-6-2)24-22(26)23(29-7-3)13-9-10-17(4)16-23/h11-12,15,17H,5-10,13-14,16H2,1-4H3,(H,24,26)/t17-,23-/m1/s1. The first-order valence-electron chi connectivity index (χ1n) is 10.8. The molecular weight excluding hydrogens is 370 g/mol. The molecule has 1 aliphatic carbocycles. The first-order valence-corrected chi connectivity index (χ1v) is 10.8. The zero-order valence-corrected chi connectivity index (χ0v) is 18.2. The Morgan fingerprint density at radius 1 is 1.21 bits per heavy atom. The van der Waals surface area contributed by atoms with Gasteiger partial charge < -0.3 is 19.5 Å². The topological polar surface area (TPSA) is 73.9 Å². The van der Waals surface area contributed by atoms with Crippen molar-refractivity contribution in [1.82, 2.24) is 0 Å². The molecule has 2 atom stereocenters. The highest BCUT2D eigenvalue weighted by Crippen LogP contribution is 2.36. The molecule has 0 radical (unpaired) electrons. The van der Waals surface area contributed by atoms with Gasteiger partial charge in [-0.2, -0.15) is 0 Å². The minimum atomic E-state index is -0.813. The zero-order valence-electron chi connectivity index (χ0n) is 18.2. The fourth-order valence-corrected chi connectivity index (χ4v) is 3.86. The lowest BCUT2D eigenvalue weighted by Gasteiger charge is -2.38. The molecule has 0 bridgehead atoms. The Kier molecular flexibility index (Phi) is 8.96. The van der Waals surface area contributed by atoms with Gasteiger partial charge in [0.05, 0.1) is 13.2 Å². The summed E-state index contributed by atoms with van der Waals surface area (Å²) in [5.41, 5.74) is 0.0497. The molecule has 0 spiro atoms. The van der Waals surface area contributed by atoms with E-state index in [1.54, 1.807) is 25.1 Å². The normalized spacial score (nSPS) is 21.4. The summed E-state index contributed by atoms with van der Waals surface area (Å²) in [6, 6.07) is 5.10. The zero-order chi connectivity index (χ0) is 21.3. The second-order valence-corrected chi connectivity index (χ2v) is 7.72. The highest BCUT2D eigenvalue weighted by molar-refractivity contribution is 5.99. The second-order valence-electron chi connectivity index (χ2n) is 7.72. The number of unbranched alkanes of at least 4 members (excludes halogenated alkanes) is 1. The molecule has 1 saturated carbocycles. The maximum atomic E-state index is 13.1. The third-order valence-corrected chi connectivity index (χ3v) is 5.28. The van der Waals surface area contributed by atoms with E-state index in [0.717, 1.165) is 25.7 Å². The van der Waals surface area contributed by atoms with Gasteiger partial charge >= 0.3 is 5.97 Å². The Morgan fingerprint density at radius 2 is 2.00 bits per heavy atom. The van der Waals surface area contributed by atoms with Crippen LogP contribution in [0, 0.1) is 5.92 Å². The monoisotopic (exact) mass is 405 g/mol. The summed E-state index contributed by atoms with van der Waals surface area (Å²) in [6.45, 7) is 9.19. The minimum absolute atomic E-state index is 0.152. The molecule has 29 heavy (non-hydrogen) atoms. The van der Waals surface area contributed by atoms with Crippen molar-refractivity contribution in [3.05, 3.63) is 23.8 Å². The molecule has 1 N–H and O–H groups in total. The van der Waals surface area contributed by atoms with Gasteiger partial charge in [0.1, 0.15) is 16.9 Å². The number of carbonyl (C=O) groups is 2. The fraction of sp³-hybridized carbons (Fsp3) is 0.652. The molecule has 1 amide bonds. The molecule has 1 aromatic carbocycles. The predicted octanol–water partition coefficient (Wildman–Crippen LogP) is 4.97. The van der Waals surface area contributed by atoms with Gasteiger partial charge in [0.25, 0.3) is 5.91 Å². The Bertz CT molecular complexity index is 686. The molecule has 0 heterocycles. The Hall–Kier alpha value is -2.08. The SMILES string of the molecule is CCCCOc1ccc(NC(=O)[C@@]2(OCC)CCC[C@@H](C)C2)cc1C(=O)OCC. The number of esters is 1. The summed E-state index contributed by atoms with van der Waals surface area (Å²) in [4.78, 5) is 25.6. The van der Waals surface area contributed by atoms with Crippen molar-refractivity contribution in [1.29, 1.82) is 0 Å². The molecule has 1 aromatic rings. The van der Waals surface area contributed by atoms with E-state index in [9.17, 15) is 9.59 Å². The second kappa shape index (κ2) is 11.2. The average molecular weight is 406 g/mol. The number of hydrogen-bond acceptors (Lipinski definition) is 5. The fourth-order valence-electron chi connectivity index (χ4n) is 3.86. The van der Waals surface area contributed by atoms with Crippen molar-refractivity contribution in [2.45, 2.75) is 71.8 Å². The van der Waals surface area contributed by atoms with Crippen molar-refractivity contribution in [3.63, 3.8) is 0 Å². The van der Waals surface area contributed by atoms with Gasteiger partial charge in [-0.15, -0.1) is 0 Å². The van der Waals surface area contributed by atoms with E-state index in [4.69, 9.17) is 14.2 Å². The highest BCUT2D eigenvalue weighted by Gasteiger charge is 2.42. The first-order chi connectivity index (χ1) is 14.0. The third kappa shape index (κ3) is 6.20. The molecule has 1 aliphatic rings. The molecule has 0 unspecified atom stereocenters. The van der Waals surface area contributed by atoms with Gasteiger partial charge in [0.2, 0.25) is 0 Å². The van der Waals surface area contributed by atoms with Crippen LogP contribution in [0.5, 0.6) is 5.75 Å². The van der Waals surface area contributed by atoms with Crippen molar-refractivity contribution in [2.75, 3.05) is 25.1 Å². The predicted molar refractivity (Wildman–Crippen MR) is 113 cm³/mol. The van der Waals surface area contributed by atoms with Gasteiger partial charge in [-0.05, 0) is 63.6 Å². The Balaban J connectivity index is 2.23. The van der Waals surface area contributed by atoms with E-state index in [-0.39, 0.29) is 12.5 Å². The number of benzene rings is 1. The van der Waals surface area contributed by atoms with E-state index in [1.165, 1.54) is 0 Å². The van der Waals surface area contributed by atoms with E-state index in [2.05, 4.69) is 19.2 Å². The minimum Gasteiger partial charge on any atom is -0.493 e. The Morgan fingerprint density at radius 3 is 2.66 bits per heavy atom. The van der Waals surface area contributed by atoms with Crippen molar-refractivity contribution in [2.24, 2.45) is 5.92 Å². The van der Waals surface area contributed by atoms with Crippen LogP contribution in [0.15, 0.2) is 18.2 Å². The van der Waals surface area contributed by atoms with E-state index in [1.807, 2.05) is 6.92 Å². The Labute approximate surface area is 174 Å². The van der Waals surface area contributed by atoms with Crippen LogP contribution in [0.1, 0.15) is 76.6 Å². The highest BCUT2D eigenvalue weighted by atomic mass is 16.5. The van der Waals surface area contributed by atoms with Crippen LogP contribution >= 0.6 is 0 Å². The average Bonchev–Trinajstić information content (AvgIpc) is 2.69. The number of ether oxygens (including phenoxy) is 3.